The van der Waals surface area contributed by atoms with Crippen LogP contribution in [-0.4, -0.2) is 4.66 Å². The molecule has 0 fully saturated rings. The molecule has 4 radical (unpaired) electrons. The van der Waals surface area contributed by atoms with Gasteiger partial charge in [-0.2, -0.15) is 14.0 Å². The highest BCUT2D eigenvalue weighted by Crippen LogP contribution is 1.60. The molecular weight excluding hydrogens is 111 g/mol. The van der Waals surface area contributed by atoms with Gasteiger partial charge in [-0.15, -0.1) is 0 Å². The molecule has 0 unspecified atom stereocenters. The van der Waals surface area contributed by atoms with Crippen LogP contribution in [0, 0.1) is 17.7 Å². The molecule has 0 rings (SSSR count). The van der Waals surface area contributed by atoms with E-state index in [1.54, 1.807) is 0 Å². The summed E-state index contributed by atoms with van der Waals surface area (Å²) in [5, 5.41) is 0. The zero-order chi connectivity index (χ0) is 4.50. The first-order valence-electron chi connectivity index (χ1n) is 0.632. The van der Waals surface area contributed by atoms with Gasteiger partial charge in [-0.1, -0.05) is 0 Å². The molecule has 0 amide bonds. The predicted octanol–water partition coefficient (Wildman–Crippen LogP) is -4.04. The lowest BCUT2D eigenvalue weighted by atomic mass is 12.0. The fourth-order valence-corrected chi connectivity index (χ4v) is 0. The van der Waals surface area contributed by atoms with E-state index in [-0.39, 0.29) is 7.43 Å². The molecule has 0 aliphatic carbocycles. The van der Waals surface area contributed by atoms with Gasteiger partial charge in [0.05, 0.1) is 14.9 Å². The Balaban J connectivity index is 0. The van der Waals surface area contributed by atoms with E-state index in [9.17, 15) is 0 Å². The Labute approximate surface area is 37.4 Å². The molecular formula is CHClO4. The van der Waals surface area contributed by atoms with E-state index in [1.165, 1.54) is 0 Å². The Morgan fingerprint density at radius 2 is 1.17 bits per heavy atom. The third kappa shape index (κ3) is 2390. The van der Waals surface area contributed by atoms with Crippen molar-refractivity contribution < 1.29 is 28.9 Å². The van der Waals surface area contributed by atoms with Crippen LogP contribution in [0.2, 0.25) is 0 Å². The Hall–Kier alpha value is 0.130. The lowest BCUT2D eigenvalue weighted by molar-refractivity contribution is -1.92. The Kier molecular flexibility index (Phi) is 3.67. The van der Waals surface area contributed by atoms with Gasteiger partial charge in [-0.3, -0.25) is 0 Å². The van der Waals surface area contributed by atoms with E-state index >= 15 is 0 Å². The summed E-state index contributed by atoms with van der Waals surface area (Å²) in [6.45, 7) is 0. The van der Waals surface area contributed by atoms with Crippen molar-refractivity contribution in [3.63, 3.8) is 0 Å². The van der Waals surface area contributed by atoms with Gasteiger partial charge in [0.1, 0.15) is 0 Å². The summed E-state index contributed by atoms with van der Waals surface area (Å²) in [6, 6.07) is 0. The van der Waals surface area contributed by atoms with Gasteiger partial charge in [0.25, 0.3) is 0 Å². The number of hydrogen-bond donors (Lipinski definition) is 1. The molecule has 0 aromatic carbocycles. The predicted molar refractivity (Wildman–Crippen MR) is 5.46 cm³/mol. The first kappa shape index (κ1) is 9.46. The summed E-state index contributed by atoms with van der Waals surface area (Å²) in [6.07, 6.45) is 0. The van der Waals surface area contributed by atoms with Crippen molar-refractivity contribution in [3.8, 4) is 0 Å². The van der Waals surface area contributed by atoms with Crippen molar-refractivity contribution >= 4 is 0 Å². The van der Waals surface area contributed by atoms with Gasteiger partial charge in [0.2, 0.25) is 0 Å². The maximum absolute atomic E-state index is 8.60. The Morgan fingerprint density at radius 1 is 1.17 bits per heavy atom. The van der Waals surface area contributed by atoms with Crippen molar-refractivity contribution in [2.24, 2.45) is 0 Å². The zero-order valence-electron chi connectivity index (χ0n) is 2.55. The second kappa shape index (κ2) is 2.33. The molecule has 0 aliphatic rings. The number of hydrogen-bond acceptors (Lipinski definition) is 4. The van der Waals surface area contributed by atoms with Crippen LogP contribution in [0.15, 0.2) is 0 Å². The Morgan fingerprint density at radius 3 is 1.17 bits per heavy atom. The minimum absolute atomic E-state index is 0. The lowest BCUT2D eigenvalue weighted by Gasteiger charge is -2.03. The number of rotatable bonds is 0. The van der Waals surface area contributed by atoms with Crippen LogP contribution in [0.3, 0.4) is 0 Å². The van der Waals surface area contributed by atoms with E-state index in [1.807, 2.05) is 0 Å². The molecule has 0 heterocycles. The SMILES string of the molecule is [C].[O-][Cl+3]([O-])([O-])O. The average Bonchev–Trinajstić information content (AvgIpc) is 0.722. The van der Waals surface area contributed by atoms with Crippen LogP contribution >= 0.6 is 0 Å². The highest BCUT2D eigenvalue weighted by Gasteiger charge is 1.98. The van der Waals surface area contributed by atoms with Crippen LogP contribution in [0.25, 0.3) is 0 Å². The monoisotopic (exact) mass is 112 g/mol. The molecule has 0 aromatic heterocycles. The second-order valence-electron chi connectivity index (χ2n) is 0.396. The standard InChI is InChI=1S/C.ClHO4/c;2-1(3,4)5/h;(H,2,3,4,5). The summed E-state index contributed by atoms with van der Waals surface area (Å²) in [4.78, 5) is 0. The fourth-order valence-electron chi connectivity index (χ4n) is 0. The maximum atomic E-state index is 8.60. The van der Waals surface area contributed by atoms with Crippen LogP contribution < -0.4 is 14.0 Å². The minimum Gasteiger partial charge on any atom is -0.183 e. The van der Waals surface area contributed by atoms with Gasteiger partial charge in [-0.05, 0) is 0 Å². The van der Waals surface area contributed by atoms with E-state index in [0.29, 0.717) is 0 Å². The van der Waals surface area contributed by atoms with Crippen molar-refractivity contribution in [1.29, 1.82) is 0 Å². The Bertz CT molecular complexity index is 23.0. The van der Waals surface area contributed by atoms with Crippen molar-refractivity contribution in [2.75, 3.05) is 0 Å². The third-order valence-corrected chi connectivity index (χ3v) is 0. The van der Waals surface area contributed by atoms with E-state index in [0.717, 1.165) is 0 Å². The zero-order valence-corrected chi connectivity index (χ0v) is 3.31. The highest BCUT2D eigenvalue weighted by molar-refractivity contribution is 3.24. The van der Waals surface area contributed by atoms with Crippen molar-refractivity contribution in [3.05, 3.63) is 7.43 Å². The van der Waals surface area contributed by atoms with Crippen LogP contribution in [0.4, 0.5) is 0 Å². The van der Waals surface area contributed by atoms with Crippen LogP contribution in [0.5, 0.6) is 0 Å². The van der Waals surface area contributed by atoms with Crippen LogP contribution in [0.1, 0.15) is 0 Å². The van der Waals surface area contributed by atoms with Gasteiger partial charge >= 0.3 is 0 Å². The van der Waals surface area contributed by atoms with Gasteiger partial charge < -0.3 is 0 Å². The summed E-state index contributed by atoms with van der Waals surface area (Å²) in [7, 11) is -4.69. The maximum Gasteiger partial charge on any atom is 0.0777 e. The van der Waals surface area contributed by atoms with E-state index in [2.05, 4.69) is 0 Å². The van der Waals surface area contributed by atoms with E-state index in [4.69, 9.17) is 18.6 Å². The molecule has 0 bridgehead atoms. The molecule has 0 atom stereocenters. The molecule has 0 saturated carbocycles. The molecule has 4 nitrogen and oxygen atoms in total. The van der Waals surface area contributed by atoms with Crippen molar-refractivity contribution in [1.82, 2.24) is 0 Å². The quantitative estimate of drug-likeness (QED) is 0.345. The molecule has 1 N–H and O–H groups in total. The summed E-state index contributed by atoms with van der Waals surface area (Å²) in [5.74, 6) is 0. The van der Waals surface area contributed by atoms with Crippen LogP contribution in [-0.2, 0) is 0 Å². The number of halogens is 1. The molecule has 5 heteroatoms. The fraction of sp³-hybridized carbons (Fsp3) is 0. The molecule has 6 heavy (non-hydrogen) atoms. The molecule has 0 spiro atoms. The third-order valence-electron chi connectivity index (χ3n) is 0. The summed E-state index contributed by atoms with van der Waals surface area (Å²) in [5.41, 5.74) is 0. The van der Waals surface area contributed by atoms with Crippen molar-refractivity contribution in [2.45, 2.75) is 0 Å². The molecule has 36 valence electrons. The topological polar surface area (TPSA) is 89.4 Å². The summed E-state index contributed by atoms with van der Waals surface area (Å²) >= 11 is 0. The van der Waals surface area contributed by atoms with Gasteiger partial charge in [-0.25, -0.2) is 0 Å². The largest absolute Gasteiger partial charge is 0.183 e. The molecule has 0 aromatic rings. The summed E-state index contributed by atoms with van der Waals surface area (Å²) < 4.78 is 32.7. The van der Waals surface area contributed by atoms with E-state index < -0.39 is 10.2 Å². The minimum atomic E-state index is -4.69. The average molecular weight is 112 g/mol. The first-order chi connectivity index (χ1) is 2.00. The second-order valence-corrected chi connectivity index (χ2v) is 1.19. The smallest absolute Gasteiger partial charge is 0.0777 e. The molecule has 0 aliphatic heterocycles. The first-order valence-corrected chi connectivity index (χ1v) is 1.90. The normalized spacial score (nSPS) is 10.0. The van der Waals surface area contributed by atoms with Gasteiger partial charge in [0, 0.05) is 7.43 Å². The molecule has 0 saturated heterocycles. The lowest BCUT2D eigenvalue weighted by Crippen LogP contribution is -2.58. The highest BCUT2D eigenvalue weighted by atomic mass is 35.7. The van der Waals surface area contributed by atoms with Gasteiger partial charge in [0.15, 0.2) is 0 Å².